The Morgan fingerprint density at radius 1 is 1.00 bits per heavy atom. The molecule has 2 aromatic carbocycles. The second kappa shape index (κ2) is 8.43. The molecule has 2 atom stereocenters. The highest BCUT2D eigenvalue weighted by Gasteiger charge is 2.38. The molecule has 0 fully saturated rings. The van der Waals surface area contributed by atoms with E-state index in [1.807, 2.05) is 0 Å². The molecule has 0 bridgehead atoms. The maximum atomic E-state index is 13.2. The predicted octanol–water partition coefficient (Wildman–Crippen LogP) is 5.77. The van der Waals surface area contributed by atoms with Gasteiger partial charge < -0.3 is 28.9 Å². The second-order valence-electron chi connectivity index (χ2n) is 7.89. The Labute approximate surface area is 203 Å². The van der Waals surface area contributed by atoms with Crippen LogP contribution in [0.15, 0.2) is 67.7 Å². The van der Waals surface area contributed by atoms with E-state index < -0.39 is 17.6 Å². The zero-order valence-corrected chi connectivity index (χ0v) is 19.2. The van der Waals surface area contributed by atoms with E-state index in [9.17, 15) is 20.1 Å². The van der Waals surface area contributed by atoms with Crippen LogP contribution in [0.5, 0.6) is 11.5 Å². The highest BCUT2D eigenvalue weighted by molar-refractivity contribution is 6.31. The molecule has 0 spiro atoms. The SMILES string of the molecule is CC1Oc2ccc(Cl)cc2C(O)=C1C(c1ccc(CO)o1)c1c(O)c2cc(Cl)ccc2oc1=O. The number of hydrogen-bond donors (Lipinski definition) is 3. The van der Waals surface area contributed by atoms with Crippen LogP contribution in [0, 0.1) is 0 Å². The minimum absolute atomic E-state index is 0.146. The molecule has 0 aliphatic carbocycles. The van der Waals surface area contributed by atoms with Crippen LogP contribution in [0.25, 0.3) is 16.7 Å². The summed E-state index contributed by atoms with van der Waals surface area (Å²) in [5.41, 5.74) is -0.280. The summed E-state index contributed by atoms with van der Waals surface area (Å²) >= 11 is 12.2. The smallest absolute Gasteiger partial charge is 0.344 e. The molecule has 0 saturated carbocycles. The summed E-state index contributed by atoms with van der Waals surface area (Å²) in [5, 5.41) is 33.0. The predicted molar refractivity (Wildman–Crippen MR) is 127 cm³/mol. The lowest BCUT2D eigenvalue weighted by atomic mass is 9.83. The van der Waals surface area contributed by atoms with E-state index in [1.165, 1.54) is 24.3 Å². The quantitative estimate of drug-likeness (QED) is 0.304. The number of fused-ring (bicyclic) bond motifs is 2. The molecule has 3 heterocycles. The van der Waals surface area contributed by atoms with E-state index >= 15 is 0 Å². The maximum Gasteiger partial charge on any atom is 0.344 e. The van der Waals surface area contributed by atoms with Crippen LogP contribution in [-0.4, -0.2) is 21.4 Å². The fraction of sp³-hybridized carbons (Fsp3) is 0.160. The first-order valence-electron chi connectivity index (χ1n) is 10.3. The third kappa shape index (κ3) is 3.62. The van der Waals surface area contributed by atoms with Crippen LogP contribution in [0.4, 0.5) is 0 Å². The van der Waals surface area contributed by atoms with Crippen LogP contribution in [0.2, 0.25) is 10.0 Å². The highest BCUT2D eigenvalue weighted by Crippen LogP contribution is 2.46. The largest absolute Gasteiger partial charge is 0.507 e. The Hall–Kier alpha value is -3.39. The Morgan fingerprint density at radius 3 is 2.47 bits per heavy atom. The molecule has 9 heteroatoms. The normalized spacial score (nSPS) is 16.4. The number of halogens is 2. The van der Waals surface area contributed by atoms with Gasteiger partial charge in [0.05, 0.1) is 22.4 Å². The van der Waals surface area contributed by atoms with Crippen LogP contribution in [0.3, 0.4) is 0 Å². The van der Waals surface area contributed by atoms with Gasteiger partial charge in [-0.25, -0.2) is 4.79 Å². The number of aliphatic hydroxyl groups is 2. The first kappa shape index (κ1) is 22.4. The molecule has 7 nitrogen and oxygen atoms in total. The number of ether oxygens (including phenoxy) is 1. The van der Waals surface area contributed by atoms with Crippen LogP contribution >= 0.6 is 23.2 Å². The van der Waals surface area contributed by atoms with Crippen molar-refractivity contribution >= 4 is 39.9 Å². The third-order valence-corrected chi connectivity index (χ3v) is 6.28. The minimum Gasteiger partial charge on any atom is -0.507 e. The summed E-state index contributed by atoms with van der Waals surface area (Å²) in [7, 11) is 0. The first-order chi connectivity index (χ1) is 16.3. The Kier molecular flexibility index (Phi) is 5.56. The fourth-order valence-corrected chi connectivity index (χ4v) is 4.62. The zero-order chi connectivity index (χ0) is 24.1. The van der Waals surface area contributed by atoms with E-state index in [2.05, 4.69) is 0 Å². The Bertz CT molecular complexity index is 1520. The van der Waals surface area contributed by atoms with Crippen molar-refractivity contribution < 1.29 is 28.9 Å². The molecule has 2 unspecified atom stereocenters. The van der Waals surface area contributed by atoms with Gasteiger partial charge in [-0.1, -0.05) is 23.2 Å². The number of furan rings is 1. The average Bonchev–Trinajstić information content (AvgIpc) is 3.28. The highest BCUT2D eigenvalue weighted by atomic mass is 35.5. The summed E-state index contributed by atoms with van der Waals surface area (Å²) in [6.45, 7) is 1.32. The topological polar surface area (TPSA) is 113 Å². The first-order valence-corrected chi connectivity index (χ1v) is 11.1. The van der Waals surface area contributed by atoms with Crippen LogP contribution < -0.4 is 10.4 Å². The maximum absolute atomic E-state index is 13.2. The molecule has 5 rings (SSSR count). The molecule has 0 amide bonds. The van der Waals surface area contributed by atoms with E-state index in [4.69, 9.17) is 36.8 Å². The van der Waals surface area contributed by atoms with Gasteiger partial charge in [0, 0.05) is 15.6 Å². The molecular weight excluding hydrogens is 483 g/mol. The molecule has 174 valence electrons. The van der Waals surface area contributed by atoms with E-state index in [0.29, 0.717) is 21.4 Å². The number of benzene rings is 2. The van der Waals surface area contributed by atoms with Gasteiger partial charge in [-0.15, -0.1) is 0 Å². The van der Waals surface area contributed by atoms with Gasteiger partial charge in [-0.2, -0.15) is 0 Å². The molecule has 4 aromatic rings. The Balaban J connectivity index is 1.84. The number of aromatic hydroxyl groups is 1. The van der Waals surface area contributed by atoms with Gasteiger partial charge in [0.15, 0.2) is 0 Å². The lowest BCUT2D eigenvalue weighted by Crippen LogP contribution is -2.28. The Morgan fingerprint density at radius 2 is 1.74 bits per heavy atom. The molecule has 3 N–H and O–H groups in total. The molecular formula is C25H18Cl2O7. The third-order valence-electron chi connectivity index (χ3n) is 5.81. The molecule has 2 aromatic heterocycles. The summed E-state index contributed by atoms with van der Waals surface area (Å²) in [6.07, 6.45) is -0.727. The number of rotatable bonds is 4. The van der Waals surface area contributed by atoms with E-state index in [0.717, 1.165) is 0 Å². The fourth-order valence-electron chi connectivity index (χ4n) is 4.28. The molecule has 0 radical (unpaired) electrons. The lowest BCUT2D eigenvalue weighted by molar-refractivity contribution is 0.228. The summed E-state index contributed by atoms with van der Waals surface area (Å²) < 4.78 is 17.3. The molecule has 1 aliphatic rings. The van der Waals surface area contributed by atoms with Crippen molar-refractivity contribution in [2.75, 3.05) is 0 Å². The van der Waals surface area contributed by atoms with E-state index in [1.54, 1.807) is 31.2 Å². The zero-order valence-electron chi connectivity index (χ0n) is 17.7. The van der Waals surface area contributed by atoms with Crippen LogP contribution in [-0.2, 0) is 6.61 Å². The van der Waals surface area contributed by atoms with Crippen molar-refractivity contribution in [3.8, 4) is 11.5 Å². The number of aliphatic hydroxyl groups excluding tert-OH is 2. The second-order valence-corrected chi connectivity index (χ2v) is 8.76. The van der Waals surface area contributed by atoms with Gasteiger partial charge in [0.25, 0.3) is 0 Å². The lowest BCUT2D eigenvalue weighted by Gasteiger charge is -2.31. The number of hydrogen-bond acceptors (Lipinski definition) is 7. The average molecular weight is 501 g/mol. The van der Waals surface area contributed by atoms with Gasteiger partial charge in [-0.05, 0) is 55.5 Å². The molecule has 1 aliphatic heterocycles. The monoisotopic (exact) mass is 500 g/mol. The van der Waals surface area contributed by atoms with Gasteiger partial charge >= 0.3 is 5.63 Å². The van der Waals surface area contributed by atoms with Crippen LogP contribution in [0.1, 0.15) is 35.5 Å². The van der Waals surface area contributed by atoms with Crippen molar-refractivity contribution in [2.24, 2.45) is 0 Å². The van der Waals surface area contributed by atoms with Crippen molar-refractivity contribution in [3.05, 3.63) is 97.2 Å². The van der Waals surface area contributed by atoms with Crippen molar-refractivity contribution in [1.29, 1.82) is 0 Å². The summed E-state index contributed by atoms with van der Waals surface area (Å²) in [4.78, 5) is 13.2. The standard InChI is InChI=1S/C25H18Cl2O7/c1-11-20(23(29)15-8-12(26)2-5-17(15)32-11)21(19-7-4-14(10-28)33-19)22-24(30)16-9-13(27)3-6-18(16)34-25(22)31/h2-9,11,21,28-30H,10H2,1H3. The van der Waals surface area contributed by atoms with Crippen molar-refractivity contribution in [2.45, 2.75) is 25.6 Å². The minimum atomic E-state index is -1.11. The van der Waals surface area contributed by atoms with Gasteiger partial charge in [0.2, 0.25) is 0 Å². The molecule has 34 heavy (non-hydrogen) atoms. The summed E-state index contributed by atoms with van der Waals surface area (Å²) in [6, 6.07) is 12.4. The van der Waals surface area contributed by atoms with E-state index in [-0.39, 0.29) is 51.7 Å². The van der Waals surface area contributed by atoms with Gasteiger partial charge in [0.1, 0.15) is 47.1 Å². The van der Waals surface area contributed by atoms with Crippen molar-refractivity contribution in [3.63, 3.8) is 0 Å². The summed E-state index contributed by atoms with van der Waals surface area (Å²) in [5.74, 6) is -0.814. The van der Waals surface area contributed by atoms with Crippen molar-refractivity contribution in [1.82, 2.24) is 0 Å². The van der Waals surface area contributed by atoms with Gasteiger partial charge in [-0.3, -0.25) is 0 Å². The molecule has 0 saturated heterocycles.